The molecule has 12 aromatic rings. The van der Waals surface area contributed by atoms with Gasteiger partial charge >= 0.3 is 0 Å². The van der Waals surface area contributed by atoms with Gasteiger partial charge in [-0.05, 0) is 145 Å². The molecule has 0 aliphatic heterocycles. The minimum absolute atomic E-state index is 0.183. The maximum atomic E-state index is 6.95. The number of hydrogen-bond acceptors (Lipinski definition) is 3. The van der Waals surface area contributed by atoms with E-state index < -0.39 is 0 Å². The second-order valence-electron chi connectivity index (χ2n) is 22.0. The molecule has 3 aliphatic carbocycles. The van der Waals surface area contributed by atoms with Crippen LogP contribution in [0.2, 0.25) is 0 Å². The van der Waals surface area contributed by atoms with Gasteiger partial charge in [0.1, 0.15) is 22.3 Å². The monoisotopic (exact) mass is 925 g/mol. The van der Waals surface area contributed by atoms with Crippen LogP contribution in [0.5, 0.6) is 0 Å². The van der Waals surface area contributed by atoms with Gasteiger partial charge in [0.05, 0.1) is 5.69 Å². The Bertz CT molecular complexity index is 4300. The summed E-state index contributed by atoms with van der Waals surface area (Å²) < 4.78 is 13.4. The van der Waals surface area contributed by atoms with Crippen LogP contribution in [0, 0.1) is 0 Å². The second-order valence-corrected chi connectivity index (χ2v) is 22.0. The number of benzene rings is 10. The highest BCUT2D eigenvalue weighted by molar-refractivity contribution is 6.19. The number of rotatable bonds is 5. The lowest BCUT2D eigenvalue weighted by Crippen LogP contribution is -2.18. The molecular weight excluding hydrogens is 875 g/mol. The summed E-state index contributed by atoms with van der Waals surface area (Å²) in [5, 5.41) is 4.71. The Kier molecular flexibility index (Phi) is 8.26. The average Bonchev–Trinajstić information content (AvgIpc) is 4.15. The number of para-hydroxylation sites is 3. The predicted molar refractivity (Wildman–Crippen MR) is 299 cm³/mol. The Morgan fingerprint density at radius 3 is 1.56 bits per heavy atom. The maximum Gasteiger partial charge on any atom is 0.144 e. The molecule has 0 N–H and O–H groups in total. The smallest absolute Gasteiger partial charge is 0.144 e. The van der Waals surface area contributed by atoms with Gasteiger partial charge in [-0.25, -0.2) is 0 Å². The average molecular weight is 926 g/mol. The molecule has 2 heterocycles. The number of nitrogens with zero attached hydrogens (tertiary/aromatic N) is 1. The Balaban J connectivity index is 0.921. The lowest BCUT2D eigenvalue weighted by atomic mass is 9.79. The highest BCUT2D eigenvalue weighted by Gasteiger charge is 2.44. The molecule has 0 fully saturated rings. The predicted octanol–water partition coefficient (Wildman–Crippen LogP) is 19.2. The molecule has 3 nitrogen and oxygen atoms in total. The lowest BCUT2D eigenvalue weighted by molar-refractivity contribution is 0.651. The summed E-state index contributed by atoms with van der Waals surface area (Å²) in [5.74, 6) is 0. The molecule has 0 saturated heterocycles. The van der Waals surface area contributed by atoms with Gasteiger partial charge in [0.2, 0.25) is 0 Å². The fraction of sp³-hybridized carbons (Fsp3) is 0.130. The van der Waals surface area contributed by atoms with Gasteiger partial charge in [0.25, 0.3) is 0 Å². The topological polar surface area (TPSA) is 29.5 Å². The molecule has 344 valence electrons. The van der Waals surface area contributed by atoms with Gasteiger partial charge in [0, 0.05) is 60.3 Å². The first-order valence-corrected chi connectivity index (χ1v) is 25.4. The summed E-state index contributed by atoms with van der Waals surface area (Å²) in [6, 6.07) is 73.9. The van der Waals surface area contributed by atoms with E-state index in [2.05, 4.69) is 247 Å². The Hall–Kier alpha value is -8.40. The molecule has 72 heavy (non-hydrogen) atoms. The van der Waals surface area contributed by atoms with Crippen LogP contribution < -0.4 is 4.90 Å². The summed E-state index contributed by atoms with van der Waals surface area (Å²) in [5.41, 5.74) is 26.8. The van der Waals surface area contributed by atoms with Gasteiger partial charge in [-0.1, -0.05) is 175 Å². The first-order chi connectivity index (χ1) is 35.0. The largest absolute Gasteiger partial charge is 0.456 e. The summed E-state index contributed by atoms with van der Waals surface area (Å²) in [4.78, 5) is 2.51. The van der Waals surface area contributed by atoms with Crippen molar-refractivity contribution in [3.05, 3.63) is 234 Å². The van der Waals surface area contributed by atoms with Crippen molar-refractivity contribution in [1.82, 2.24) is 0 Å². The summed E-state index contributed by atoms with van der Waals surface area (Å²) in [6.45, 7) is 14.4. The van der Waals surface area contributed by atoms with E-state index in [0.717, 1.165) is 44.8 Å². The SMILES string of the molecule is CC1(C)c2cc(N(c3ccc4c(c3)C(C)(C)c3cc(-c5ccccc5)c5c(oc6ccccc65)c3-4)c3ccccc3-c3ccccc3)ccc2-c2cc3c(cc21)-c1c(ccc2oc4ccccc4c12)C3(C)C. The van der Waals surface area contributed by atoms with Gasteiger partial charge < -0.3 is 13.7 Å². The lowest BCUT2D eigenvalue weighted by Gasteiger charge is -2.31. The quantitative estimate of drug-likeness (QED) is 0.172. The van der Waals surface area contributed by atoms with E-state index in [9.17, 15) is 0 Å². The molecule has 0 bridgehead atoms. The molecule has 15 rings (SSSR count). The van der Waals surface area contributed by atoms with Crippen molar-refractivity contribution in [1.29, 1.82) is 0 Å². The van der Waals surface area contributed by atoms with Crippen molar-refractivity contribution in [3.8, 4) is 55.6 Å². The third kappa shape index (κ3) is 5.46. The van der Waals surface area contributed by atoms with E-state index in [0.29, 0.717) is 0 Å². The van der Waals surface area contributed by atoms with E-state index in [1.165, 1.54) is 105 Å². The summed E-state index contributed by atoms with van der Waals surface area (Å²) in [7, 11) is 0. The molecule has 2 aromatic heterocycles. The summed E-state index contributed by atoms with van der Waals surface area (Å²) in [6.07, 6.45) is 0. The third-order valence-corrected chi connectivity index (χ3v) is 17.1. The zero-order chi connectivity index (χ0) is 48.4. The van der Waals surface area contributed by atoms with Crippen LogP contribution in [0.1, 0.15) is 74.9 Å². The fourth-order valence-corrected chi connectivity index (χ4v) is 13.4. The van der Waals surface area contributed by atoms with Crippen LogP contribution >= 0.6 is 0 Å². The van der Waals surface area contributed by atoms with E-state index >= 15 is 0 Å². The van der Waals surface area contributed by atoms with Crippen molar-refractivity contribution in [2.45, 2.75) is 57.8 Å². The Labute approximate surface area is 419 Å². The minimum atomic E-state index is -0.329. The zero-order valence-electron chi connectivity index (χ0n) is 41.3. The number of furan rings is 2. The van der Waals surface area contributed by atoms with Crippen molar-refractivity contribution in [2.75, 3.05) is 4.90 Å². The third-order valence-electron chi connectivity index (χ3n) is 17.1. The molecule has 0 amide bonds. The molecule has 0 atom stereocenters. The molecule has 0 unspecified atom stereocenters. The van der Waals surface area contributed by atoms with Crippen molar-refractivity contribution in [3.63, 3.8) is 0 Å². The summed E-state index contributed by atoms with van der Waals surface area (Å²) >= 11 is 0. The first kappa shape index (κ1) is 41.4. The highest BCUT2D eigenvalue weighted by atomic mass is 16.3. The minimum Gasteiger partial charge on any atom is -0.456 e. The standard InChI is InChI=1S/C69H51NO2/c1-67(2)52-33-34-61-65(48-25-15-17-27-59(48)71-61)63(52)51-39-55-50(38-56(51)67)45-31-29-42(35-53(45)68(55,3)4)70(58-26-16-13-23-44(58)40-19-9-7-10-20-40)43-30-32-46-54(36-43)69(5,6)57-37-49(41-21-11-8-12-22-41)62-47-24-14-18-28-60(47)72-66(62)64(46)57/h7-39H,1-6H3. The van der Waals surface area contributed by atoms with Crippen molar-refractivity contribution < 1.29 is 8.83 Å². The number of hydrogen-bond donors (Lipinski definition) is 0. The maximum absolute atomic E-state index is 6.95. The van der Waals surface area contributed by atoms with Crippen LogP contribution in [0.4, 0.5) is 17.1 Å². The molecule has 0 radical (unpaired) electrons. The molecule has 3 aliphatic rings. The van der Waals surface area contributed by atoms with Gasteiger partial charge in [-0.3, -0.25) is 0 Å². The van der Waals surface area contributed by atoms with Crippen LogP contribution in [-0.4, -0.2) is 0 Å². The highest BCUT2D eigenvalue weighted by Crippen LogP contribution is 2.60. The molecule has 0 spiro atoms. The zero-order valence-corrected chi connectivity index (χ0v) is 41.3. The van der Waals surface area contributed by atoms with E-state index in [4.69, 9.17) is 8.83 Å². The normalized spacial score (nSPS) is 15.1. The second kappa shape index (κ2) is 14.4. The molecule has 10 aromatic carbocycles. The number of fused-ring (bicyclic) bond motifs is 17. The van der Waals surface area contributed by atoms with Crippen molar-refractivity contribution >= 4 is 60.9 Å². The van der Waals surface area contributed by atoms with Crippen molar-refractivity contribution in [2.24, 2.45) is 0 Å². The Morgan fingerprint density at radius 1 is 0.319 bits per heavy atom. The Morgan fingerprint density at radius 2 is 0.833 bits per heavy atom. The van der Waals surface area contributed by atoms with Crippen LogP contribution in [0.25, 0.3) is 99.5 Å². The fourth-order valence-electron chi connectivity index (χ4n) is 13.4. The van der Waals surface area contributed by atoms with Gasteiger partial charge in [-0.15, -0.1) is 0 Å². The van der Waals surface area contributed by atoms with Gasteiger partial charge in [-0.2, -0.15) is 0 Å². The van der Waals surface area contributed by atoms with E-state index in [1.54, 1.807) is 0 Å². The van der Waals surface area contributed by atoms with Gasteiger partial charge in [0.15, 0.2) is 0 Å². The molecular formula is C69H51NO2. The first-order valence-electron chi connectivity index (χ1n) is 25.4. The van der Waals surface area contributed by atoms with E-state index in [-0.39, 0.29) is 16.2 Å². The molecule has 3 heteroatoms. The molecule has 0 saturated carbocycles. The van der Waals surface area contributed by atoms with E-state index in [1.807, 2.05) is 0 Å². The van der Waals surface area contributed by atoms with Crippen LogP contribution in [0.15, 0.2) is 209 Å². The van der Waals surface area contributed by atoms with Crippen LogP contribution in [0.3, 0.4) is 0 Å². The number of anilines is 3. The van der Waals surface area contributed by atoms with Crippen LogP contribution in [-0.2, 0) is 16.2 Å².